The van der Waals surface area contributed by atoms with Gasteiger partial charge in [0.1, 0.15) is 11.3 Å². The van der Waals surface area contributed by atoms with E-state index >= 15 is 0 Å². The quantitative estimate of drug-likeness (QED) is 0.240. The molecule has 1 fully saturated rings. The van der Waals surface area contributed by atoms with Crippen LogP contribution < -0.4 is 19.5 Å². The number of fused-ring (bicyclic) bond motifs is 4. The molecule has 0 radical (unpaired) electrons. The lowest BCUT2D eigenvalue weighted by Crippen LogP contribution is -2.53. The predicted molar refractivity (Wildman–Crippen MR) is 189 cm³/mol. The van der Waals surface area contributed by atoms with Gasteiger partial charge in [0.2, 0.25) is 0 Å². The second kappa shape index (κ2) is 13.5. The summed E-state index contributed by atoms with van der Waals surface area (Å²) in [6.45, 7) is 8.03. The number of methoxy groups -OCH3 is 1. The number of nitrogens with zero attached hydrogens (tertiary/aromatic N) is 1. The molecule has 1 N–H and O–H groups in total. The summed E-state index contributed by atoms with van der Waals surface area (Å²) >= 11 is 6.34. The Morgan fingerprint density at radius 2 is 1.94 bits per heavy atom. The summed E-state index contributed by atoms with van der Waals surface area (Å²) < 4.78 is 24.6. The van der Waals surface area contributed by atoms with E-state index in [1.807, 2.05) is 30.5 Å². The first-order valence-electron chi connectivity index (χ1n) is 17.9. The van der Waals surface area contributed by atoms with Crippen LogP contribution in [0.3, 0.4) is 0 Å². The molecule has 1 spiro atoms. The van der Waals surface area contributed by atoms with Gasteiger partial charge >= 0.3 is 5.97 Å². The first kappa shape index (κ1) is 33.1. The number of pyridine rings is 1. The number of esters is 1. The Morgan fingerprint density at radius 1 is 1.10 bits per heavy atom. The third kappa shape index (κ3) is 6.23. The normalized spacial score (nSPS) is 28.1. The fraction of sp³-hybridized carbons (Fsp3) is 0.550. The van der Waals surface area contributed by atoms with Crippen molar-refractivity contribution in [3.8, 4) is 17.2 Å². The van der Waals surface area contributed by atoms with Crippen LogP contribution in [0.15, 0.2) is 48.7 Å². The second-order valence-corrected chi connectivity index (χ2v) is 15.3. The third-order valence-corrected chi connectivity index (χ3v) is 11.9. The van der Waals surface area contributed by atoms with Crippen LogP contribution in [0.5, 0.6) is 17.2 Å². The average Bonchev–Trinajstić information content (AvgIpc) is 3.21. The lowest BCUT2D eigenvalue weighted by molar-refractivity contribution is -0.148. The van der Waals surface area contributed by atoms with Crippen LogP contribution >= 0.6 is 11.6 Å². The van der Waals surface area contributed by atoms with Gasteiger partial charge in [0.05, 0.1) is 26.4 Å². The van der Waals surface area contributed by atoms with Crippen LogP contribution in [0.2, 0.25) is 5.02 Å². The highest BCUT2D eigenvalue weighted by atomic mass is 35.5. The first-order valence-corrected chi connectivity index (χ1v) is 18.3. The van der Waals surface area contributed by atoms with Gasteiger partial charge < -0.3 is 24.3 Å². The van der Waals surface area contributed by atoms with E-state index in [1.165, 1.54) is 42.3 Å². The Labute approximate surface area is 290 Å². The third-order valence-electron chi connectivity index (χ3n) is 11.6. The molecule has 0 amide bonds. The first-order chi connectivity index (χ1) is 23.2. The number of hydrogen-bond acceptors (Lipinski definition) is 7. The van der Waals surface area contributed by atoms with Crippen molar-refractivity contribution in [1.29, 1.82) is 0 Å². The lowest BCUT2D eigenvalue weighted by atomic mass is 9.59. The molecule has 0 bridgehead atoms. The largest absolute Gasteiger partial charge is 0.493 e. The minimum atomic E-state index is -0.829. The summed E-state index contributed by atoms with van der Waals surface area (Å²) in [5, 5.41) is 4.20. The van der Waals surface area contributed by atoms with Crippen molar-refractivity contribution >= 4 is 23.3 Å². The topological polar surface area (TPSA) is 78.9 Å². The summed E-state index contributed by atoms with van der Waals surface area (Å²) in [6.07, 6.45) is 11.3. The zero-order chi connectivity index (χ0) is 33.5. The molecule has 1 saturated carbocycles. The lowest BCUT2D eigenvalue weighted by Gasteiger charge is -2.47. The molecule has 48 heavy (non-hydrogen) atoms. The van der Waals surface area contributed by atoms with Gasteiger partial charge in [-0.25, -0.2) is 4.79 Å². The number of benzene rings is 2. The summed E-state index contributed by atoms with van der Waals surface area (Å²) in [5.41, 5.74) is 5.10. The molecule has 8 heteroatoms. The standard InChI is InChI=1S/C40H49ClN2O5/c1-25(24-47-34-11-17-42-33-10-5-7-26(2)37(33)34)19-29-20-28-21-36-35(46-18-12-27(3)48-36)23-32(28)39(29)13-15-40(16-14-39,38(44)45-4)43-31-9-6-8-30(41)22-31/h6,8-9,11,17,21-23,25-27,29,43H,5,7,10,12-16,18-20,24H2,1-4H3/t25-,26-,27-,29+,39?,40?/m1/s1. The predicted octanol–water partition coefficient (Wildman–Crippen LogP) is 8.84. The number of ether oxygens (including phenoxy) is 4. The van der Waals surface area contributed by atoms with E-state index < -0.39 is 5.54 Å². The van der Waals surface area contributed by atoms with Gasteiger partial charge in [-0.1, -0.05) is 31.5 Å². The number of rotatable bonds is 8. The molecule has 3 aliphatic carbocycles. The molecule has 3 aromatic rings. The van der Waals surface area contributed by atoms with Crippen LogP contribution in [0.25, 0.3) is 0 Å². The van der Waals surface area contributed by atoms with E-state index in [4.69, 9.17) is 30.5 Å². The minimum absolute atomic E-state index is 0.0994. The highest BCUT2D eigenvalue weighted by Crippen LogP contribution is 2.58. The van der Waals surface area contributed by atoms with E-state index in [0.29, 0.717) is 48.8 Å². The number of carbonyl (C=O) groups is 1. The molecule has 0 unspecified atom stereocenters. The minimum Gasteiger partial charge on any atom is -0.493 e. The molecule has 256 valence electrons. The fourth-order valence-corrected chi connectivity index (χ4v) is 9.30. The number of nitrogens with one attached hydrogen (secondary N) is 1. The molecule has 0 saturated heterocycles. The number of aromatic nitrogens is 1. The van der Waals surface area contributed by atoms with Gasteiger partial charge in [0.25, 0.3) is 0 Å². The number of anilines is 1. The van der Waals surface area contributed by atoms with Gasteiger partial charge in [0, 0.05) is 34.6 Å². The van der Waals surface area contributed by atoms with Gasteiger partial charge in [-0.05, 0) is 135 Å². The molecule has 7 rings (SSSR count). The van der Waals surface area contributed by atoms with Crippen LogP contribution in [-0.4, -0.2) is 42.9 Å². The van der Waals surface area contributed by atoms with E-state index in [-0.39, 0.29) is 17.5 Å². The van der Waals surface area contributed by atoms with Gasteiger partial charge in [-0.3, -0.25) is 4.98 Å². The van der Waals surface area contributed by atoms with Crippen molar-refractivity contribution in [3.05, 3.63) is 76.1 Å². The molecule has 2 heterocycles. The van der Waals surface area contributed by atoms with Crippen molar-refractivity contribution in [1.82, 2.24) is 4.98 Å². The van der Waals surface area contributed by atoms with Crippen LogP contribution in [0.4, 0.5) is 5.69 Å². The van der Waals surface area contributed by atoms with Crippen molar-refractivity contribution < 1.29 is 23.7 Å². The number of hydrogen-bond donors (Lipinski definition) is 1. The van der Waals surface area contributed by atoms with Gasteiger partial charge in [-0.2, -0.15) is 0 Å². The Hall–Kier alpha value is -3.45. The molecule has 4 atom stereocenters. The van der Waals surface area contributed by atoms with Crippen LogP contribution in [-0.2, 0) is 27.8 Å². The maximum absolute atomic E-state index is 13.5. The van der Waals surface area contributed by atoms with Crippen LogP contribution in [0.1, 0.15) is 100 Å². The summed E-state index contributed by atoms with van der Waals surface area (Å²) in [4.78, 5) is 18.2. The summed E-state index contributed by atoms with van der Waals surface area (Å²) in [5.74, 6) is 3.67. The Balaban J connectivity index is 1.16. The zero-order valence-electron chi connectivity index (χ0n) is 28.8. The zero-order valence-corrected chi connectivity index (χ0v) is 29.5. The SMILES string of the molecule is COC(=O)C1(Nc2cccc(Cl)c2)CCC2(CC1)c1cc3c(cc1C[C@@H]2C[C@@H](C)COc1ccnc2c1[C@H](C)CCC2)O[C@H](C)CCO3. The number of aryl methyl sites for hydroxylation is 1. The molecule has 1 aromatic heterocycles. The Bertz CT molecular complexity index is 1650. The second-order valence-electron chi connectivity index (χ2n) is 14.9. The number of carbonyl (C=O) groups excluding carboxylic acids is 1. The maximum Gasteiger partial charge on any atom is 0.331 e. The fourth-order valence-electron chi connectivity index (χ4n) is 9.11. The smallest absolute Gasteiger partial charge is 0.331 e. The van der Waals surface area contributed by atoms with E-state index in [9.17, 15) is 4.79 Å². The van der Waals surface area contributed by atoms with Crippen LogP contribution in [0, 0.1) is 11.8 Å². The number of halogens is 1. The Kier molecular flexibility index (Phi) is 9.27. The highest BCUT2D eigenvalue weighted by molar-refractivity contribution is 6.30. The highest BCUT2D eigenvalue weighted by Gasteiger charge is 2.55. The summed E-state index contributed by atoms with van der Waals surface area (Å²) in [7, 11) is 1.48. The summed E-state index contributed by atoms with van der Waals surface area (Å²) in [6, 6.07) is 14.2. The monoisotopic (exact) mass is 672 g/mol. The molecular weight excluding hydrogens is 624 g/mol. The Morgan fingerprint density at radius 3 is 2.73 bits per heavy atom. The molecule has 1 aliphatic heterocycles. The van der Waals surface area contributed by atoms with Crippen molar-refractivity contribution in [2.24, 2.45) is 11.8 Å². The van der Waals surface area contributed by atoms with Crippen molar-refractivity contribution in [2.75, 3.05) is 25.6 Å². The van der Waals surface area contributed by atoms with Crippen molar-refractivity contribution in [3.63, 3.8) is 0 Å². The van der Waals surface area contributed by atoms with E-state index in [2.05, 4.69) is 49.3 Å². The molecule has 4 aliphatic rings. The maximum atomic E-state index is 13.5. The molecular formula is C40H49ClN2O5. The average molecular weight is 673 g/mol. The van der Waals surface area contributed by atoms with Gasteiger partial charge in [0.15, 0.2) is 11.5 Å². The van der Waals surface area contributed by atoms with E-state index in [0.717, 1.165) is 61.5 Å². The van der Waals surface area contributed by atoms with Gasteiger partial charge in [-0.15, -0.1) is 0 Å². The molecule has 7 nitrogen and oxygen atoms in total. The van der Waals surface area contributed by atoms with Crippen molar-refractivity contribution in [2.45, 2.75) is 108 Å². The van der Waals surface area contributed by atoms with E-state index in [1.54, 1.807) is 0 Å². The molecule has 2 aromatic carbocycles.